The highest BCUT2D eigenvalue weighted by atomic mass is 35.5. The molecule has 1 heterocycles. The van der Waals surface area contributed by atoms with Gasteiger partial charge in [-0.15, -0.1) is 0 Å². The Bertz CT molecular complexity index is 895. The molecule has 0 amide bonds. The fourth-order valence-electron chi connectivity index (χ4n) is 2.02. The van der Waals surface area contributed by atoms with Crippen LogP contribution < -0.4 is 4.74 Å². The van der Waals surface area contributed by atoms with Crippen molar-refractivity contribution in [3.05, 3.63) is 52.5 Å². The lowest BCUT2D eigenvalue weighted by atomic mass is 10.2. The molecule has 0 bridgehead atoms. The van der Waals surface area contributed by atoms with Crippen LogP contribution in [-0.4, -0.2) is 27.8 Å². The van der Waals surface area contributed by atoms with Crippen LogP contribution in [0.5, 0.6) is 5.75 Å². The molecule has 3 rings (SSSR count). The minimum absolute atomic E-state index is 0.182. The molecule has 1 aromatic heterocycles. The number of ether oxygens (including phenoxy) is 1. The van der Waals surface area contributed by atoms with Crippen LogP contribution in [0.1, 0.15) is 0 Å². The van der Waals surface area contributed by atoms with Gasteiger partial charge in [0.15, 0.2) is 6.61 Å². The second kappa shape index (κ2) is 6.90. The minimum Gasteiger partial charge on any atom is -0.481 e. The third-order valence-electron chi connectivity index (χ3n) is 3.06. The Labute approximate surface area is 146 Å². The number of rotatable bonds is 5. The van der Waals surface area contributed by atoms with Gasteiger partial charge in [-0.3, -0.25) is 0 Å². The SMILES string of the molecule is O=C(O)COc1ccccc1-c1nc(-c2cc(Cl)ccc2Cl)no1. The summed E-state index contributed by atoms with van der Waals surface area (Å²) in [6.07, 6.45) is 0. The molecule has 6 nitrogen and oxygen atoms in total. The molecule has 8 heteroatoms. The van der Waals surface area contributed by atoms with Gasteiger partial charge in [-0.1, -0.05) is 40.5 Å². The van der Waals surface area contributed by atoms with Crippen LogP contribution in [0.25, 0.3) is 22.8 Å². The number of hydrogen-bond donors (Lipinski definition) is 1. The van der Waals surface area contributed by atoms with E-state index in [1.54, 1.807) is 42.5 Å². The number of aromatic nitrogens is 2. The average Bonchev–Trinajstić information content (AvgIpc) is 3.05. The molecule has 3 aromatic rings. The number of hydrogen-bond acceptors (Lipinski definition) is 5. The Morgan fingerprint density at radius 2 is 1.96 bits per heavy atom. The van der Waals surface area contributed by atoms with Crippen LogP contribution in [0.2, 0.25) is 10.0 Å². The van der Waals surface area contributed by atoms with Crippen LogP contribution in [0.15, 0.2) is 47.0 Å². The summed E-state index contributed by atoms with van der Waals surface area (Å²) >= 11 is 12.1. The van der Waals surface area contributed by atoms with Gasteiger partial charge in [0, 0.05) is 10.6 Å². The van der Waals surface area contributed by atoms with Crippen molar-refractivity contribution < 1.29 is 19.2 Å². The first-order valence-electron chi connectivity index (χ1n) is 6.77. The normalized spacial score (nSPS) is 10.6. The second-order valence-electron chi connectivity index (χ2n) is 4.73. The Balaban J connectivity index is 1.97. The highest BCUT2D eigenvalue weighted by molar-refractivity contribution is 6.35. The molecule has 0 aliphatic heterocycles. The van der Waals surface area contributed by atoms with E-state index in [1.807, 2.05) is 0 Å². The van der Waals surface area contributed by atoms with Gasteiger partial charge in [-0.05, 0) is 30.3 Å². The van der Waals surface area contributed by atoms with E-state index in [-0.39, 0.29) is 11.7 Å². The highest BCUT2D eigenvalue weighted by Crippen LogP contribution is 2.33. The highest BCUT2D eigenvalue weighted by Gasteiger charge is 2.17. The number of nitrogens with zero attached hydrogens (tertiary/aromatic N) is 2. The largest absolute Gasteiger partial charge is 0.481 e. The van der Waals surface area contributed by atoms with Crippen molar-refractivity contribution in [1.29, 1.82) is 0 Å². The Kier molecular flexibility index (Phi) is 4.69. The number of halogens is 2. The summed E-state index contributed by atoms with van der Waals surface area (Å²) in [5.74, 6) is -0.304. The van der Waals surface area contributed by atoms with Gasteiger partial charge < -0.3 is 14.4 Å². The predicted octanol–water partition coefficient (Wildman–Crippen LogP) is 4.17. The van der Waals surface area contributed by atoms with E-state index in [0.29, 0.717) is 26.9 Å². The third-order valence-corrected chi connectivity index (χ3v) is 3.63. The van der Waals surface area contributed by atoms with Gasteiger partial charge in [-0.25, -0.2) is 4.79 Å². The lowest BCUT2D eigenvalue weighted by Crippen LogP contribution is -2.09. The summed E-state index contributed by atoms with van der Waals surface area (Å²) in [6, 6.07) is 11.7. The van der Waals surface area contributed by atoms with Crippen molar-refractivity contribution in [3.8, 4) is 28.6 Å². The summed E-state index contributed by atoms with van der Waals surface area (Å²) in [5, 5.41) is 13.6. The maximum absolute atomic E-state index is 10.7. The predicted molar refractivity (Wildman–Crippen MR) is 88.3 cm³/mol. The smallest absolute Gasteiger partial charge is 0.341 e. The molecule has 0 fully saturated rings. The zero-order valence-electron chi connectivity index (χ0n) is 12.1. The zero-order valence-corrected chi connectivity index (χ0v) is 13.6. The number of carboxylic acids is 1. The molecular weight excluding hydrogens is 355 g/mol. The van der Waals surface area contributed by atoms with Crippen molar-refractivity contribution in [3.63, 3.8) is 0 Å². The van der Waals surface area contributed by atoms with E-state index in [0.717, 1.165) is 0 Å². The fourth-order valence-corrected chi connectivity index (χ4v) is 2.39. The number of benzene rings is 2. The average molecular weight is 365 g/mol. The van der Waals surface area contributed by atoms with E-state index < -0.39 is 12.6 Å². The summed E-state index contributed by atoms with van der Waals surface area (Å²) in [7, 11) is 0. The van der Waals surface area contributed by atoms with Crippen molar-refractivity contribution >= 4 is 29.2 Å². The van der Waals surface area contributed by atoms with Crippen molar-refractivity contribution in [1.82, 2.24) is 10.1 Å². The lowest BCUT2D eigenvalue weighted by molar-refractivity contribution is -0.139. The van der Waals surface area contributed by atoms with Crippen molar-refractivity contribution in [2.75, 3.05) is 6.61 Å². The van der Waals surface area contributed by atoms with Gasteiger partial charge in [-0.2, -0.15) is 4.98 Å². The molecule has 24 heavy (non-hydrogen) atoms. The van der Waals surface area contributed by atoms with E-state index in [1.165, 1.54) is 0 Å². The third kappa shape index (κ3) is 3.50. The van der Waals surface area contributed by atoms with Gasteiger partial charge in [0.1, 0.15) is 5.75 Å². The molecular formula is C16H10Cl2N2O4. The van der Waals surface area contributed by atoms with Crippen LogP contribution in [0.4, 0.5) is 0 Å². The summed E-state index contributed by atoms with van der Waals surface area (Å²) in [4.78, 5) is 15.0. The maximum atomic E-state index is 10.7. The Morgan fingerprint density at radius 1 is 1.17 bits per heavy atom. The first kappa shape index (κ1) is 16.3. The van der Waals surface area contributed by atoms with Crippen LogP contribution in [0, 0.1) is 0 Å². The quantitative estimate of drug-likeness (QED) is 0.730. The van der Waals surface area contributed by atoms with E-state index >= 15 is 0 Å². The molecule has 0 atom stereocenters. The molecule has 1 N–H and O–H groups in total. The second-order valence-corrected chi connectivity index (χ2v) is 5.57. The molecule has 0 spiro atoms. The number of carbonyl (C=O) groups is 1. The maximum Gasteiger partial charge on any atom is 0.341 e. The van der Waals surface area contributed by atoms with Gasteiger partial charge in [0.05, 0.1) is 10.6 Å². The first-order valence-corrected chi connectivity index (χ1v) is 7.53. The number of carboxylic acid groups (broad SMARTS) is 1. The molecule has 2 aromatic carbocycles. The van der Waals surface area contributed by atoms with E-state index in [9.17, 15) is 4.79 Å². The van der Waals surface area contributed by atoms with Crippen molar-refractivity contribution in [2.45, 2.75) is 0 Å². The van der Waals surface area contributed by atoms with Gasteiger partial charge in [0.25, 0.3) is 5.89 Å². The lowest BCUT2D eigenvalue weighted by Gasteiger charge is -2.06. The molecule has 122 valence electrons. The standard InChI is InChI=1S/C16H10Cl2N2O4/c17-9-5-6-12(18)11(7-9)15-19-16(24-20-15)10-3-1-2-4-13(10)23-8-14(21)22/h1-7H,8H2,(H,21,22). The van der Waals surface area contributed by atoms with Crippen LogP contribution >= 0.6 is 23.2 Å². The first-order chi connectivity index (χ1) is 11.5. The van der Waals surface area contributed by atoms with Gasteiger partial charge in [0.2, 0.25) is 5.82 Å². The molecule has 0 aliphatic carbocycles. The van der Waals surface area contributed by atoms with Crippen LogP contribution in [-0.2, 0) is 4.79 Å². The van der Waals surface area contributed by atoms with Crippen LogP contribution in [0.3, 0.4) is 0 Å². The summed E-state index contributed by atoms with van der Waals surface area (Å²) < 4.78 is 10.5. The molecule has 0 saturated carbocycles. The Morgan fingerprint density at radius 3 is 2.75 bits per heavy atom. The topological polar surface area (TPSA) is 85.5 Å². The number of para-hydroxylation sites is 1. The Hall–Kier alpha value is -2.57. The monoisotopic (exact) mass is 364 g/mol. The molecule has 0 aliphatic rings. The van der Waals surface area contributed by atoms with Crippen molar-refractivity contribution in [2.24, 2.45) is 0 Å². The molecule has 0 saturated heterocycles. The minimum atomic E-state index is -1.08. The summed E-state index contributed by atoms with van der Waals surface area (Å²) in [6.45, 7) is -0.474. The van der Waals surface area contributed by atoms with E-state index in [4.69, 9.17) is 37.6 Å². The molecule has 0 unspecified atom stereocenters. The molecule has 0 radical (unpaired) electrons. The fraction of sp³-hybridized carbons (Fsp3) is 0.0625. The zero-order chi connectivity index (χ0) is 17.1. The van der Waals surface area contributed by atoms with E-state index in [2.05, 4.69) is 10.1 Å². The number of aliphatic carboxylic acids is 1. The summed E-state index contributed by atoms with van der Waals surface area (Å²) in [5.41, 5.74) is 1.01. The van der Waals surface area contributed by atoms with Gasteiger partial charge >= 0.3 is 5.97 Å².